The first-order chi connectivity index (χ1) is 9.95. The van der Waals surface area contributed by atoms with E-state index in [0.29, 0.717) is 5.92 Å². The van der Waals surface area contributed by atoms with Crippen LogP contribution in [0.2, 0.25) is 5.31 Å². The van der Waals surface area contributed by atoms with Gasteiger partial charge in [-0.15, -0.1) is 0 Å². The van der Waals surface area contributed by atoms with E-state index in [1.165, 1.54) is 17.2 Å². The van der Waals surface area contributed by atoms with Crippen molar-refractivity contribution in [1.29, 1.82) is 0 Å². The van der Waals surface area contributed by atoms with Crippen LogP contribution in [-0.4, -0.2) is 40.9 Å². The summed E-state index contributed by atoms with van der Waals surface area (Å²) in [6.45, 7) is 8.39. The molecule has 0 N–H and O–H groups in total. The van der Waals surface area contributed by atoms with Gasteiger partial charge in [0.05, 0.1) is 30.7 Å². The van der Waals surface area contributed by atoms with Crippen LogP contribution in [0.1, 0.15) is 11.1 Å². The van der Waals surface area contributed by atoms with Gasteiger partial charge < -0.3 is 0 Å². The Morgan fingerprint density at radius 3 is 3.00 bits per heavy atom. The molecule has 1 saturated heterocycles. The summed E-state index contributed by atoms with van der Waals surface area (Å²) in [6.07, 6.45) is 1.36. The lowest BCUT2D eigenvalue weighted by Crippen LogP contribution is -2.33. The number of amides is 1. The molecule has 1 aliphatic carbocycles. The zero-order chi connectivity index (χ0) is 15.2. The molecule has 1 saturated carbocycles. The van der Waals surface area contributed by atoms with Crippen LogP contribution in [0.4, 0.5) is 0 Å². The summed E-state index contributed by atoms with van der Waals surface area (Å²) >= 11 is 2.07. The van der Waals surface area contributed by atoms with Crippen molar-refractivity contribution in [1.82, 2.24) is 8.01 Å². The number of likely N-dealkylation sites (tertiary alicyclic amines) is 1. The molecule has 5 heteroatoms. The van der Waals surface area contributed by atoms with E-state index >= 15 is 0 Å². The lowest BCUT2D eigenvalue weighted by Gasteiger charge is -2.25. The molecule has 1 amide bonds. The van der Waals surface area contributed by atoms with Gasteiger partial charge in [-0.3, -0.25) is 12.8 Å². The van der Waals surface area contributed by atoms with Gasteiger partial charge in [-0.25, -0.2) is 0 Å². The van der Waals surface area contributed by atoms with E-state index in [2.05, 4.69) is 65.5 Å². The van der Waals surface area contributed by atoms with Gasteiger partial charge in [-0.1, -0.05) is 36.4 Å². The fourth-order valence-corrected chi connectivity index (χ4v) is 4.61. The fourth-order valence-electron chi connectivity index (χ4n) is 3.51. The van der Waals surface area contributed by atoms with Crippen LogP contribution in [0.15, 0.2) is 36.9 Å². The Bertz CT molecular complexity index is 593. The second-order valence-electron chi connectivity index (χ2n) is 6.18. The van der Waals surface area contributed by atoms with Gasteiger partial charge in [0.1, 0.15) is 0 Å². The van der Waals surface area contributed by atoms with Crippen molar-refractivity contribution in [3.05, 3.63) is 48.0 Å². The number of hydrogen-bond donors (Lipinski definition) is 0. The Hall–Kier alpha value is -0.815. The predicted octanol–water partition coefficient (Wildman–Crippen LogP) is 2.50. The highest BCUT2D eigenvalue weighted by atomic mass is 127. The van der Waals surface area contributed by atoms with Gasteiger partial charge in [-0.05, 0) is 36.3 Å². The summed E-state index contributed by atoms with van der Waals surface area (Å²) in [5.74, 6) is 0.327. The van der Waals surface area contributed by atoms with Crippen LogP contribution in [0.3, 0.4) is 0 Å². The number of carbonyl (C=O) groups excluding carboxylic acids is 1. The second kappa shape index (κ2) is 5.43. The number of hydrogen-bond acceptors (Lipinski definition) is 2. The molecule has 0 bridgehead atoms. The molecule has 0 unspecified atom stereocenters. The van der Waals surface area contributed by atoms with Crippen molar-refractivity contribution >= 4 is 36.6 Å². The van der Waals surface area contributed by atoms with Gasteiger partial charge in [0, 0.05) is 19.1 Å². The summed E-state index contributed by atoms with van der Waals surface area (Å²) in [5, 5.41) is -0.246. The minimum absolute atomic E-state index is 0.0509. The maximum Gasteiger partial charge on any atom is 0.254 e. The molecular weight excluding hydrogens is 374 g/mol. The average Bonchev–Trinajstić information content (AvgIpc) is 2.85. The Labute approximate surface area is 141 Å². The molecule has 2 radical (unpaired) electrons. The first kappa shape index (κ1) is 15.1. The maximum absolute atomic E-state index is 11.7. The minimum atomic E-state index is -0.246. The largest absolute Gasteiger partial charge is 0.299 e. The quantitative estimate of drug-likeness (QED) is 0.341. The molecule has 3 nitrogen and oxygen atoms in total. The van der Waals surface area contributed by atoms with Crippen molar-refractivity contribution in [2.45, 2.75) is 24.8 Å². The third-order valence-corrected chi connectivity index (χ3v) is 5.66. The molecule has 1 aromatic rings. The van der Waals surface area contributed by atoms with Crippen molar-refractivity contribution in [2.24, 2.45) is 5.92 Å². The molecule has 2 fully saturated rings. The number of halogens is 1. The number of fused-ring (bicyclic) bond motifs is 1. The van der Waals surface area contributed by atoms with Gasteiger partial charge in [0.2, 0.25) is 0 Å². The van der Waals surface area contributed by atoms with Gasteiger partial charge >= 0.3 is 0 Å². The number of rotatable bonds is 4. The lowest BCUT2D eigenvalue weighted by molar-refractivity contribution is -0.120. The highest BCUT2D eigenvalue weighted by molar-refractivity contribution is 14.1. The van der Waals surface area contributed by atoms with Crippen LogP contribution in [0.5, 0.6) is 0 Å². The number of carbonyl (C=O) groups is 1. The fraction of sp³-hybridized carbons (Fsp3) is 0.438. The Kier molecular flexibility index (Phi) is 3.90. The summed E-state index contributed by atoms with van der Waals surface area (Å²) in [6, 6.07) is 8.73. The van der Waals surface area contributed by atoms with Gasteiger partial charge in [-0.2, -0.15) is 0 Å². The van der Waals surface area contributed by atoms with E-state index in [1.807, 2.05) is 0 Å². The molecule has 0 aromatic heterocycles. The summed E-state index contributed by atoms with van der Waals surface area (Å²) < 4.78 is 1.72. The molecular formula is C16H18BIN2O. The van der Waals surface area contributed by atoms with E-state index in [0.717, 1.165) is 19.6 Å². The van der Waals surface area contributed by atoms with E-state index in [4.69, 9.17) is 7.85 Å². The molecule has 3 atom stereocenters. The van der Waals surface area contributed by atoms with E-state index < -0.39 is 0 Å². The number of aryl methyl sites for hydroxylation is 1. The number of nitrogens with zero attached hydrogens (tertiary/aromatic N) is 2. The summed E-state index contributed by atoms with van der Waals surface area (Å²) in [7, 11) is 6.49. The first-order valence-electron chi connectivity index (χ1n) is 7.14. The predicted molar refractivity (Wildman–Crippen MR) is 93.2 cm³/mol. The number of piperidine rings is 1. The van der Waals surface area contributed by atoms with Crippen LogP contribution in [0, 0.1) is 12.8 Å². The third kappa shape index (κ3) is 2.66. The molecule has 108 valence electrons. The highest BCUT2D eigenvalue weighted by Crippen LogP contribution is 2.65. The van der Waals surface area contributed by atoms with E-state index in [1.54, 1.807) is 3.11 Å². The van der Waals surface area contributed by atoms with Crippen LogP contribution >= 0.6 is 22.9 Å². The molecule has 1 aromatic carbocycles. The van der Waals surface area contributed by atoms with Gasteiger partial charge in [0.25, 0.3) is 5.91 Å². The lowest BCUT2D eigenvalue weighted by atomic mass is 9.81. The smallest absolute Gasteiger partial charge is 0.254 e. The van der Waals surface area contributed by atoms with Crippen LogP contribution < -0.4 is 0 Å². The van der Waals surface area contributed by atoms with Crippen LogP contribution in [-0.2, 0) is 11.3 Å². The van der Waals surface area contributed by atoms with Gasteiger partial charge in [0.15, 0.2) is 0 Å². The zero-order valence-electron chi connectivity index (χ0n) is 12.1. The topological polar surface area (TPSA) is 23.6 Å². The maximum atomic E-state index is 11.7. The van der Waals surface area contributed by atoms with Crippen molar-refractivity contribution in [2.75, 3.05) is 13.1 Å². The molecule has 0 spiro atoms. The molecule has 2 aliphatic rings. The zero-order valence-corrected chi connectivity index (χ0v) is 14.3. The molecule has 3 rings (SSSR count). The SMILES string of the molecule is [B][C@@]12CN(Cc3cccc(C)c3)C[C@@H]1[C@H]2N(I)C(=O)C=C. The van der Waals surface area contributed by atoms with Crippen LogP contribution in [0.25, 0.3) is 0 Å². The monoisotopic (exact) mass is 392 g/mol. The Morgan fingerprint density at radius 1 is 1.67 bits per heavy atom. The van der Waals surface area contributed by atoms with Crippen molar-refractivity contribution < 1.29 is 4.79 Å². The standard InChI is InChI=1S/C16H18BIN2O/c1-3-14(21)20(18)15-13-9-19(10-16(13,15)17)8-12-6-4-5-11(2)7-12/h3-7,13,15H,1,8-10H2,2H3/t13-,15-,16+/m1/s1. The van der Waals surface area contributed by atoms with Crippen molar-refractivity contribution in [3.8, 4) is 0 Å². The molecule has 1 aliphatic heterocycles. The highest BCUT2D eigenvalue weighted by Gasteiger charge is 2.67. The number of benzene rings is 1. The average molecular weight is 392 g/mol. The molecule has 1 heterocycles. The normalized spacial score (nSPS) is 30.8. The summed E-state index contributed by atoms with van der Waals surface area (Å²) in [4.78, 5) is 14.1. The van der Waals surface area contributed by atoms with E-state index in [9.17, 15) is 4.79 Å². The van der Waals surface area contributed by atoms with Crippen molar-refractivity contribution in [3.63, 3.8) is 0 Å². The Morgan fingerprint density at radius 2 is 2.43 bits per heavy atom. The first-order valence-corrected chi connectivity index (χ1v) is 8.10. The minimum Gasteiger partial charge on any atom is -0.299 e. The summed E-state index contributed by atoms with van der Waals surface area (Å²) in [5.41, 5.74) is 2.61. The Balaban J connectivity index is 1.62. The second-order valence-corrected chi connectivity index (χ2v) is 7.22. The third-order valence-electron chi connectivity index (χ3n) is 4.58. The van der Waals surface area contributed by atoms with E-state index in [-0.39, 0.29) is 17.3 Å². The molecule has 21 heavy (non-hydrogen) atoms.